The number of H-pyrrole nitrogens is 1. The van der Waals surface area contributed by atoms with Gasteiger partial charge in [-0.25, -0.2) is 13.8 Å². The number of carbonyl (C=O) groups is 1. The largest absolute Gasteiger partial charge is 0.494 e. The zero-order valence-corrected chi connectivity index (χ0v) is 14.3. The maximum Gasteiger partial charge on any atom is 0.280 e. The molecule has 0 unspecified atom stereocenters. The number of fused-ring (bicyclic) bond motifs is 1. The van der Waals surface area contributed by atoms with Crippen molar-refractivity contribution >= 4 is 34.8 Å². The van der Waals surface area contributed by atoms with Crippen molar-refractivity contribution in [1.29, 1.82) is 0 Å². The molecule has 4 nitrogen and oxygen atoms in total. The topological polar surface area (TPSA) is 65.4 Å². The zero-order valence-electron chi connectivity index (χ0n) is 12.8. The van der Waals surface area contributed by atoms with Crippen LogP contribution in [0.5, 0.6) is 5.88 Å². The number of carbonyl (C=O) groups excluding carboxylic acids is 1. The molecule has 0 aliphatic carbocycles. The molecule has 0 spiro atoms. The van der Waals surface area contributed by atoms with Crippen molar-refractivity contribution in [1.82, 2.24) is 4.98 Å². The Kier molecular flexibility index (Phi) is 3.82. The second-order valence-corrected chi connectivity index (χ2v) is 6.49. The highest BCUT2D eigenvalue weighted by atomic mass is 35.5. The molecule has 1 aliphatic rings. The normalized spacial score (nSPS) is 13.1. The Bertz CT molecular complexity index is 1120. The van der Waals surface area contributed by atoms with E-state index in [1.165, 1.54) is 24.3 Å². The van der Waals surface area contributed by atoms with Crippen molar-refractivity contribution in [3.63, 3.8) is 0 Å². The minimum Gasteiger partial charge on any atom is -0.494 e. The summed E-state index contributed by atoms with van der Waals surface area (Å²) in [6, 6.07) is 7.58. The van der Waals surface area contributed by atoms with E-state index in [9.17, 15) is 18.7 Å². The smallest absolute Gasteiger partial charge is 0.280 e. The third-order valence-electron chi connectivity index (χ3n) is 4.03. The summed E-state index contributed by atoms with van der Waals surface area (Å²) < 4.78 is 28.4. The summed E-state index contributed by atoms with van der Waals surface area (Å²) in [6.45, 7) is 0. The van der Waals surface area contributed by atoms with Crippen molar-refractivity contribution in [3.05, 3.63) is 74.8 Å². The molecule has 0 bridgehead atoms. The summed E-state index contributed by atoms with van der Waals surface area (Å²) >= 11 is 11.8. The Morgan fingerprint density at radius 2 is 1.50 bits per heavy atom. The van der Waals surface area contributed by atoms with Gasteiger partial charge >= 0.3 is 0 Å². The maximum atomic E-state index is 14.2. The number of halogens is 4. The van der Waals surface area contributed by atoms with E-state index in [2.05, 4.69) is 9.98 Å². The van der Waals surface area contributed by atoms with Gasteiger partial charge in [-0.05, 0) is 36.4 Å². The van der Waals surface area contributed by atoms with Gasteiger partial charge in [-0.3, -0.25) is 4.79 Å². The molecule has 2 N–H and O–H groups in total. The average molecular weight is 393 g/mol. The van der Waals surface area contributed by atoms with Crippen molar-refractivity contribution in [2.45, 2.75) is 0 Å². The Balaban J connectivity index is 1.95. The molecule has 0 fully saturated rings. The predicted molar refractivity (Wildman–Crippen MR) is 94.2 cm³/mol. The van der Waals surface area contributed by atoms with Crippen LogP contribution in [0.1, 0.15) is 21.5 Å². The molecule has 130 valence electrons. The van der Waals surface area contributed by atoms with Crippen molar-refractivity contribution in [2.24, 2.45) is 4.99 Å². The number of aliphatic imine (C=N–C) groups is 1. The number of hydrogen-bond acceptors (Lipinski definition) is 2. The Morgan fingerprint density at radius 3 is 2.15 bits per heavy atom. The van der Waals surface area contributed by atoms with Crippen LogP contribution in [0.15, 0.2) is 41.4 Å². The number of hydrogen-bond donors (Lipinski definition) is 2. The molecule has 0 radical (unpaired) electrons. The first-order valence-electron chi connectivity index (χ1n) is 7.36. The molecule has 2 heterocycles. The predicted octanol–water partition coefficient (Wildman–Crippen LogP) is 4.96. The van der Waals surface area contributed by atoms with Gasteiger partial charge in [0.15, 0.2) is 5.88 Å². The molecule has 3 aromatic rings. The molecular formula is C18H8Cl2F2N2O2. The Labute approximate surface area is 155 Å². The maximum absolute atomic E-state index is 14.2. The minimum atomic E-state index is -0.736. The van der Waals surface area contributed by atoms with Crippen LogP contribution in [-0.2, 0) is 0 Å². The van der Waals surface area contributed by atoms with Gasteiger partial charge in [0.25, 0.3) is 5.91 Å². The molecule has 1 aliphatic heterocycles. The highest BCUT2D eigenvalue weighted by Gasteiger charge is 2.35. The molecule has 26 heavy (non-hydrogen) atoms. The van der Waals surface area contributed by atoms with E-state index in [1.807, 2.05) is 0 Å². The van der Waals surface area contributed by atoms with E-state index in [0.29, 0.717) is 0 Å². The monoisotopic (exact) mass is 392 g/mol. The highest BCUT2D eigenvalue weighted by Crippen LogP contribution is 2.39. The standard InChI is InChI=1S/C18H8Cl2F2N2O2/c19-7-1-3-11(21)9(5-7)15-13-14(18(26)23-15)16(24-17(13)25)10-6-8(20)2-4-12(10)22/h1-6,23,26H. The number of amides is 1. The number of rotatable bonds is 2. The fraction of sp³-hybridized carbons (Fsp3) is 0. The van der Waals surface area contributed by atoms with Crippen LogP contribution in [-0.4, -0.2) is 21.7 Å². The Morgan fingerprint density at radius 1 is 0.923 bits per heavy atom. The first-order chi connectivity index (χ1) is 12.4. The lowest BCUT2D eigenvalue weighted by molar-refractivity contribution is 0.101. The van der Waals surface area contributed by atoms with E-state index < -0.39 is 23.4 Å². The summed E-state index contributed by atoms with van der Waals surface area (Å²) in [6.07, 6.45) is 0. The van der Waals surface area contributed by atoms with E-state index in [-0.39, 0.29) is 43.7 Å². The average Bonchev–Trinajstić information content (AvgIpc) is 3.11. The van der Waals surface area contributed by atoms with Gasteiger partial charge in [0.05, 0.1) is 22.5 Å². The van der Waals surface area contributed by atoms with Gasteiger partial charge in [-0.15, -0.1) is 0 Å². The van der Waals surface area contributed by atoms with Gasteiger partial charge in [-0.2, -0.15) is 0 Å². The van der Waals surface area contributed by atoms with Crippen LogP contribution in [0.4, 0.5) is 8.78 Å². The summed E-state index contributed by atoms with van der Waals surface area (Å²) in [5.74, 6) is -2.47. The van der Waals surface area contributed by atoms with Gasteiger partial charge in [0.1, 0.15) is 11.6 Å². The number of aromatic nitrogens is 1. The quantitative estimate of drug-likeness (QED) is 0.646. The van der Waals surface area contributed by atoms with E-state index in [0.717, 1.165) is 12.1 Å². The van der Waals surface area contributed by atoms with Gasteiger partial charge < -0.3 is 10.1 Å². The summed E-state index contributed by atoms with van der Waals surface area (Å²) in [7, 11) is 0. The fourth-order valence-corrected chi connectivity index (χ4v) is 3.25. The summed E-state index contributed by atoms with van der Waals surface area (Å²) in [4.78, 5) is 18.8. The number of nitrogens with zero attached hydrogens (tertiary/aromatic N) is 1. The van der Waals surface area contributed by atoms with E-state index in [1.54, 1.807) is 0 Å². The minimum absolute atomic E-state index is 0.00876. The lowest BCUT2D eigenvalue weighted by atomic mass is 9.99. The molecular weight excluding hydrogens is 385 g/mol. The number of aromatic hydroxyl groups is 1. The molecule has 0 atom stereocenters. The summed E-state index contributed by atoms with van der Waals surface area (Å²) in [5.41, 5.74) is -0.179. The lowest BCUT2D eigenvalue weighted by Gasteiger charge is -2.04. The molecule has 0 saturated carbocycles. The number of aromatic amines is 1. The molecule has 0 saturated heterocycles. The summed E-state index contributed by atoms with van der Waals surface area (Å²) in [5, 5.41) is 10.8. The molecule has 2 aromatic carbocycles. The van der Waals surface area contributed by atoms with Crippen molar-refractivity contribution < 1.29 is 18.7 Å². The molecule has 8 heteroatoms. The van der Waals surface area contributed by atoms with E-state index in [4.69, 9.17) is 23.2 Å². The Hall–Kier alpha value is -2.70. The van der Waals surface area contributed by atoms with Crippen LogP contribution in [0.25, 0.3) is 11.3 Å². The lowest BCUT2D eigenvalue weighted by Crippen LogP contribution is -2.03. The van der Waals surface area contributed by atoms with Crippen LogP contribution in [0, 0.1) is 11.6 Å². The van der Waals surface area contributed by atoms with Crippen LogP contribution in [0.3, 0.4) is 0 Å². The first-order valence-corrected chi connectivity index (χ1v) is 8.11. The number of nitrogens with one attached hydrogen (secondary N) is 1. The second kappa shape index (κ2) is 5.93. The van der Waals surface area contributed by atoms with Crippen molar-refractivity contribution in [3.8, 4) is 17.1 Å². The second-order valence-electron chi connectivity index (χ2n) is 5.61. The highest BCUT2D eigenvalue weighted by molar-refractivity contribution is 6.33. The van der Waals surface area contributed by atoms with Crippen LogP contribution in [0.2, 0.25) is 10.0 Å². The third kappa shape index (κ3) is 2.50. The molecule has 4 rings (SSSR count). The molecule has 1 aromatic heterocycles. The van der Waals surface area contributed by atoms with Crippen LogP contribution >= 0.6 is 23.2 Å². The van der Waals surface area contributed by atoms with Gasteiger partial charge in [-0.1, -0.05) is 23.2 Å². The fourth-order valence-electron chi connectivity index (χ4n) is 2.91. The van der Waals surface area contributed by atoms with Crippen LogP contribution < -0.4 is 0 Å². The zero-order chi connectivity index (χ0) is 18.6. The first kappa shape index (κ1) is 16.8. The SMILES string of the molecule is O=C1N=C(c2cc(Cl)ccc2F)c2c(O)[nH]c(-c3cc(Cl)ccc3F)c21. The number of benzene rings is 2. The third-order valence-corrected chi connectivity index (χ3v) is 4.50. The van der Waals surface area contributed by atoms with Gasteiger partial charge in [0, 0.05) is 21.2 Å². The molecule has 1 amide bonds. The van der Waals surface area contributed by atoms with E-state index >= 15 is 0 Å². The van der Waals surface area contributed by atoms with Crippen molar-refractivity contribution in [2.75, 3.05) is 0 Å². The van der Waals surface area contributed by atoms with Gasteiger partial charge in [0.2, 0.25) is 0 Å².